The van der Waals surface area contributed by atoms with Gasteiger partial charge in [-0.25, -0.2) is 9.37 Å². The van der Waals surface area contributed by atoms with Gasteiger partial charge in [-0.05, 0) is 29.8 Å². The van der Waals surface area contributed by atoms with Gasteiger partial charge in [-0.1, -0.05) is 23.7 Å². The van der Waals surface area contributed by atoms with Crippen molar-refractivity contribution in [1.82, 2.24) is 15.2 Å². The van der Waals surface area contributed by atoms with Crippen molar-refractivity contribution < 1.29 is 13.9 Å². The van der Waals surface area contributed by atoms with Gasteiger partial charge in [0.05, 0.1) is 19.3 Å². The summed E-state index contributed by atoms with van der Waals surface area (Å²) in [7, 11) is 0. The first-order chi connectivity index (χ1) is 12.1. The highest BCUT2D eigenvalue weighted by atomic mass is 35.5. The lowest BCUT2D eigenvalue weighted by atomic mass is 10.0. The number of hydrogen-bond acceptors (Lipinski definition) is 4. The summed E-state index contributed by atoms with van der Waals surface area (Å²) in [5, 5.41) is 3.21. The third-order valence-electron chi connectivity index (χ3n) is 4.19. The number of amides is 1. The summed E-state index contributed by atoms with van der Waals surface area (Å²) >= 11 is 5.84. The Morgan fingerprint density at radius 1 is 1.28 bits per heavy atom. The third kappa shape index (κ3) is 4.75. The summed E-state index contributed by atoms with van der Waals surface area (Å²) in [5.41, 5.74) is 1.41. The van der Waals surface area contributed by atoms with E-state index in [2.05, 4.69) is 15.2 Å². The Balaban J connectivity index is 1.73. The Morgan fingerprint density at radius 2 is 2.00 bits per heavy atom. The molecule has 2 aromatic rings. The van der Waals surface area contributed by atoms with E-state index in [1.807, 2.05) is 0 Å². The maximum atomic E-state index is 13.2. The van der Waals surface area contributed by atoms with Crippen LogP contribution in [0.5, 0.6) is 0 Å². The van der Waals surface area contributed by atoms with E-state index < -0.39 is 0 Å². The topological polar surface area (TPSA) is 54.5 Å². The van der Waals surface area contributed by atoms with Crippen LogP contribution >= 0.6 is 11.6 Å². The number of rotatable bonds is 5. The minimum absolute atomic E-state index is 0.0502. The Kier molecular flexibility index (Phi) is 5.96. The van der Waals surface area contributed by atoms with Crippen LogP contribution in [0.4, 0.5) is 4.39 Å². The number of aromatic nitrogens is 1. The van der Waals surface area contributed by atoms with E-state index in [-0.39, 0.29) is 22.9 Å². The molecule has 7 heteroatoms. The maximum absolute atomic E-state index is 13.2. The Morgan fingerprint density at radius 3 is 2.68 bits per heavy atom. The van der Waals surface area contributed by atoms with Crippen LogP contribution in [0.2, 0.25) is 5.15 Å². The highest BCUT2D eigenvalue weighted by Gasteiger charge is 2.23. The van der Waals surface area contributed by atoms with Gasteiger partial charge in [-0.15, -0.1) is 0 Å². The normalized spacial score (nSPS) is 16.4. The van der Waals surface area contributed by atoms with Gasteiger partial charge in [0.15, 0.2) is 0 Å². The minimum atomic E-state index is -0.278. The molecule has 0 radical (unpaired) electrons. The molecular weight excluding hydrogens is 345 g/mol. The molecule has 3 rings (SSSR count). The first-order valence-corrected chi connectivity index (χ1v) is 8.48. The van der Waals surface area contributed by atoms with Crippen LogP contribution in [-0.2, 0) is 4.74 Å². The highest BCUT2D eigenvalue weighted by molar-refractivity contribution is 6.29. The molecule has 0 aliphatic carbocycles. The van der Waals surface area contributed by atoms with Crippen molar-refractivity contribution in [3.63, 3.8) is 0 Å². The van der Waals surface area contributed by atoms with Crippen LogP contribution in [0.25, 0.3) is 0 Å². The molecule has 1 aliphatic rings. The Labute approximate surface area is 150 Å². The van der Waals surface area contributed by atoms with E-state index in [9.17, 15) is 9.18 Å². The second-order valence-corrected chi connectivity index (χ2v) is 6.18. The minimum Gasteiger partial charge on any atom is -0.379 e. The van der Waals surface area contributed by atoms with Crippen LogP contribution in [0.1, 0.15) is 22.0 Å². The number of nitrogens with zero attached hydrogens (tertiary/aromatic N) is 2. The summed E-state index contributed by atoms with van der Waals surface area (Å²) in [5.74, 6) is -0.496. The van der Waals surface area contributed by atoms with E-state index in [0.29, 0.717) is 25.3 Å². The summed E-state index contributed by atoms with van der Waals surface area (Å²) < 4.78 is 18.6. The number of nitrogens with one attached hydrogen (secondary N) is 1. The largest absolute Gasteiger partial charge is 0.379 e. The molecule has 1 aromatic heterocycles. The monoisotopic (exact) mass is 363 g/mol. The van der Waals surface area contributed by atoms with E-state index in [0.717, 1.165) is 18.7 Å². The van der Waals surface area contributed by atoms with E-state index >= 15 is 0 Å². The first-order valence-electron chi connectivity index (χ1n) is 8.10. The van der Waals surface area contributed by atoms with E-state index in [1.54, 1.807) is 18.2 Å². The van der Waals surface area contributed by atoms with Crippen molar-refractivity contribution in [2.24, 2.45) is 0 Å². The van der Waals surface area contributed by atoms with Crippen LogP contribution in [0, 0.1) is 5.82 Å². The molecule has 132 valence electrons. The van der Waals surface area contributed by atoms with Crippen molar-refractivity contribution in [1.29, 1.82) is 0 Å². The standard InChI is InChI=1S/C18H19ClFN3O2/c19-17-11-14(5-6-21-17)18(24)22-12-16(23-7-9-25-10-8-23)13-1-3-15(20)4-2-13/h1-6,11,16H,7-10,12H2,(H,22,24). The van der Waals surface area contributed by atoms with Crippen molar-refractivity contribution in [3.8, 4) is 0 Å². The molecule has 0 spiro atoms. The van der Waals surface area contributed by atoms with Gasteiger partial charge in [-0.3, -0.25) is 9.69 Å². The summed E-state index contributed by atoms with van der Waals surface area (Å²) in [6.07, 6.45) is 1.50. The van der Waals surface area contributed by atoms with Gasteiger partial charge in [0.2, 0.25) is 0 Å². The first kappa shape index (κ1) is 17.8. The molecule has 5 nitrogen and oxygen atoms in total. The van der Waals surface area contributed by atoms with E-state index in [4.69, 9.17) is 16.3 Å². The fourth-order valence-electron chi connectivity index (χ4n) is 2.87. The van der Waals surface area contributed by atoms with Crippen LogP contribution < -0.4 is 5.32 Å². The molecular formula is C18H19ClFN3O2. The molecule has 25 heavy (non-hydrogen) atoms. The second kappa shape index (κ2) is 8.38. The van der Waals surface area contributed by atoms with E-state index in [1.165, 1.54) is 24.4 Å². The van der Waals surface area contributed by atoms with Crippen molar-refractivity contribution >= 4 is 17.5 Å². The quantitative estimate of drug-likeness (QED) is 0.830. The van der Waals surface area contributed by atoms with Crippen molar-refractivity contribution in [2.75, 3.05) is 32.8 Å². The predicted octanol–water partition coefficient (Wildman–Crippen LogP) is 2.68. The number of morpholine rings is 1. The summed E-state index contributed by atoms with van der Waals surface area (Å²) in [4.78, 5) is 18.5. The Hall–Kier alpha value is -2.02. The average molecular weight is 364 g/mol. The molecule has 1 aromatic carbocycles. The number of hydrogen-bond donors (Lipinski definition) is 1. The second-order valence-electron chi connectivity index (χ2n) is 5.79. The lowest BCUT2D eigenvalue weighted by molar-refractivity contribution is 0.0162. The lowest BCUT2D eigenvalue weighted by Gasteiger charge is -2.35. The average Bonchev–Trinajstić information content (AvgIpc) is 2.64. The van der Waals surface area contributed by atoms with Crippen molar-refractivity contribution in [2.45, 2.75) is 6.04 Å². The van der Waals surface area contributed by atoms with Gasteiger partial charge in [-0.2, -0.15) is 0 Å². The van der Waals surface area contributed by atoms with Crippen LogP contribution in [0.3, 0.4) is 0 Å². The number of halogens is 2. The van der Waals surface area contributed by atoms with Crippen LogP contribution in [0.15, 0.2) is 42.6 Å². The summed E-state index contributed by atoms with van der Waals surface area (Å²) in [6, 6.07) is 9.48. The number of benzene rings is 1. The molecule has 1 fully saturated rings. The molecule has 1 atom stereocenters. The van der Waals surface area contributed by atoms with Gasteiger partial charge in [0.1, 0.15) is 11.0 Å². The number of carbonyl (C=O) groups is 1. The Bertz CT molecular complexity index is 721. The van der Waals surface area contributed by atoms with Gasteiger partial charge in [0.25, 0.3) is 5.91 Å². The molecule has 0 bridgehead atoms. The zero-order chi connectivity index (χ0) is 17.6. The SMILES string of the molecule is O=C(NCC(c1ccc(F)cc1)N1CCOCC1)c1ccnc(Cl)c1. The lowest BCUT2D eigenvalue weighted by Crippen LogP contribution is -2.43. The predicted molar refractivity (Wildman–Crippen MR) is 93.1 cm³/mol. The zero-order valence-electron chi connectivity index (χ0n) is 13.6. The molecule has 2 heterocycles. The molecule has 1 N–H and O–H groups in total. The molecule has 1 amide bonds. The number of ether oxygens (including phenoxy) is 1. The zero-order valence-corrected chi connectivity index (χ0v) is 14.4. The third-order valence-corrected chi connectivity index (χ3v) is 4.39. The molecule has 0 saturated carbocycles. The molecule has 1 saturated heterocycles. The smallest absolute Gasteiger partial charge is 0.251 e. The summed E-state index contributed by atoms with van der Waals surface area (Å²) in [6.45, 7) is 3.22. The number of carbonyl (C=O) groups excluding carboxylic acids is 1. The highest BCUT2D eigenvalue weighted by Crippen LogP contribution is 2.22. The maximum Gasteiger partial charge on any atom is 0.251 e. The molecule has 1 aliphatic heterocycles. The van der Waals surface area contributed by atoms with Gasteiger partial charge in [0, 0.05) is 31.4 Å². The molecule has 1 unspecified atom stereocenters. The van der Waals surface area contributed by atoms with Gasteiger partial charge < -0.3 is 10.1 Å². The fourth-order valence-corrected chi connectivity index (χ4v) is 3.04. The van der Waals surface area contributed by atoms with Crippen molar-refractivity contribution in [3.05, 3.63) is 64.7 Å². The number of pyridine rings is 1. The van der Waals surface area contributed by atoms with Crippen LogP contribution in [-0.4, -0.2) is 48.6 Å². The van der Waals surface area contributed by atoms with Gasteiger partial charge >= 0.3 is 0 Å². The fraction of sp³-hybridized carbons (Fsp3) is 0.333.